The van der Waals surface area contributed by atoms with Gasteiger partial charge in [0, 0.05) is 12.1 Å². The molecule has 1 rings (SSSR count). The van der Waals surface area contributed by atoms with Gasteiger partial charge in [-0.3, -0.25) is 0 Å². The molecule has 0 aromatic heterocycles. The molecule has 19 heavy (non-hydrogen) atoms. The molecule has 3 heteroatoms. The third-order valence-corrected chi connectivity index (χ3v) is 4.95. The highest BCUT2D eigenvalue weighted by Gasteiger charge is 2.41. The number of aliphatic hydroxyl groups is 1. The molecule has 0 spiro atoms. The van der Waals surface area contributed by atoms with Crippen molar-refractivity contribution in [3.8, 4) is 0 Å². The number of likely N-dealkylation sites (N-methyl/N-ethyl adjacent to an activating group) is 1. The summed E-state index contributed by atoms with van der Waals surface area (Å²) < 4.78 is 0. The van der Waals surface area contributed by atoms with Crippen molar-refractivity contribution >= 4 is 0 Å². The maximum atomic E-state index is 9.79. The highest BCUT2D eigenvalue weighted by atomic mass is 16.3. The highest BCUT2D eigenvalue weighted by molar-refractivity contribution is 4.98. The van der Waals surface area contributed by atoms with Crippen molar-refractivity contribution in [1.82, 2.24) is 10.2 Å². The molecule has 3 atom stereocenters. The lowest BCUT2D eigenvalue weighted by atomic mass is 9.85. The number of hydrogen-bond donors (Lipinski definition) is 2. The van der Waals surface area contributed by atoms with Gasteiger partial charge in [0.1, 0.15) is 0 Å². The van der Waals surface area contributed by atoms with E-state index in [2.05, 4.69) is 38.0 Å². The molecule has 1 saturated carbocycles. The fourth-order valence-corrected chi connectivity index (χ4v) is 3.54. The average Bonchev–Trinajstić information content (AvgIpc) is 2.80. The van der Waals surface area contributed by atoms with Gasteiger partial charge in [-0.1, -0.05) is 33.6 Å². The average molecular weight is 270 g/mol. The quantitative estimate of drug-likeness (QED) is 0.676. The van der Waals surface area contributed by atoms with Gasteiger partial charge in [0.25, 0.3) is 0 Å². The number of hydrogen-bond acceptors (Lipinski definition) is 3. The standard InChI is InChI=1S/C16H34N2O/c1-5-14(3)12-18(4)11-9-15-8-7-10-16(15,13-19)17-6-2/h14-15,17,19H,5-13H2,1-4H3. The number of rotatable bonds is 9. The predicted octanol–water partition coefficient (Wildman–Crippen LogP) is 2.50. The molecular formula is C16H34N2O. The Labute approximate surface area is 119 Å². The van der Waals surface area contributed by atoms with Crippen LogP contribution in [0.4, 0.5) is 0 Å². The Morgan fingerprint density at radius 2 is 2.16 bits per heavy atom. The fraction of sp³-hybridized carbons (Fsp3) is 1.00. The van der Waals surface area contributed by atoms with Gasteiger partial charge in [-0.05, 0) is 51.2 Å². The molecule has 3 unspecified atom stereocenters. The summed E-state index contributed by atoms with van der Waals surface area (Å²) in [5, 5.41) is 13.4. The van der Waals surface area contributed by atoms with Gasteiger partial charge in [-0.2, -0.15) is 0 Å². The second kappa shape index (κ2) is 8.23. The number of nitrogens with zero attached hydrogens (tertiary/aromatic N) is 1. The molecule has 0 aromatic carbocycles. The summed E-state index contributed by atoms with van der Waals surface area (Å²) in [6.07, 6.45) is 6.13. The molecule has 0 aromatic rings. The first-order valence-electron chi connectivity index (χ1n) is 8.12. The van der Waals surface area contributed by atoms with E-state index in [1.54, 1.807) is 0 Å². The smallest absolute Gasteiger partial charge is 0.0616 e. The summed E-state index contributed by atoms with van der Waals surface area (Å²) in [4.78, 5) is 2.46. The SMILES string of the molecule is CCNC1(CO)CCCC1CCN(C)CC(C)CC. The summed E-state index contributed by atoms with van der Waals surface area (Å²) in [5.41, 5.74) is 0.00592. The molecule has 1 aliphatic rings. The molecule has 3 nitrogen and oxygen atoms in total. The maximum Gasteiger partial charge on any atom is 0.0616 e. The van der Waals surface area contributed by atoms with Crippen LogP contribution < -0.4 is 5.32 Å². The summed E-state index contributed by atoms with van der Waals surface area (Å²) in [5.74, 6) is 1.42. The van der Waals surface area contributed by atoms with Crippen molar-refractivity contribution in [3.63, 3.8) is 0 Å². The van der Waals surface area contributed by atoms with Crippen molar-refractivity contribution in [2.45, 2.75) is 58.4 Å². The van der Waals surface area contributed by atoms with Gasteiger partial charge < -0.3 is 15.3 Å². The molecular weight excluding hydrogens is 236 g/mol. The molecule has 0 heterocycles. The Balaban J connectivity index is 2.42. The highest BCUT2D eigenvalue weighted by Crippen LogP contribution is 2.37. The van der Waals surface area contributed by atoms with E-state index in [9.17, 15) is 5.11 Å². The Morgan fingerprint density at radius 1 is 1.42 bits per heavy atom. The zero-order valence-corrected chi connectivity index (χ0v) is 13.4. The normalized spacial score (nSPS) is 29.1. The first-order valence-corrected chi connectivity index (χ1v) is 8.12. The van der Waals surface area contributed by atoms with Crippen LogP contribution in [0, 0.1) is 11.8 Å². The molecule has 1 fully saturated rings. The lowest BCUT2D eigenvalue weighted by Gasteiger charge is -2.36. The van der Waals surface area contributed by atoms with E-state index in [0.29, 0.717) is 12.5 Å². The second-order valence-corrected chi connectivity index (χ2v) is 6.50. The van der Waals surface area contributed by atoms with Gasteiger partial charge in [-0.15, -0.1) is 0 Å². The Morgan fingerprint density at radius 3 is 2.74 bits per heavy atom. The minimum atomic E-state index is 0.00592. The summed E-state index contributed by atoms with van der Waals surface area (Å²) in [6.45, 7) is 10.3. The zero-order chi connectivity index (χ0) is 14.3. The Kier molecular flexibility index (Phi) is 7.33. The molecule has 0 saturated heterocycles. The Bertz CT molecular complexity index is 247. The van der Waals surface area contributed by atoms with Crippen LogP contribution in [-0.2, 0) is 0 Å². The van der Waals surface area contributed by atoms with Crippen molar-refractivity contribution in [3.05, 3.63) is 0 Å². The van der Waals surface area contributed by atoms with E-state index in [1.807, 2.05) is 0 Å². The fourth-order valence-electron chi connectivity index (χ4n) is 3.54. The van der Waals surface area contributed by atoms with Gasteiger partial charge in [0.15, 0.2) is 0 Å². The van der Waals surface area contributed by atoms with E-state index in [-0.39, 0.29) is 5.54 Å². The van der Waals surface area contributed by atoms with Crippen LogP contribution in [0.5, 0.6) is 0 Å². The van der Waals surface area contributed by atoms with Gasteiger partial charge >= 0.3 is 0 Å². The first-order chi connectivity index (χ1) is 9.07. The molecule has 0 radical (unpaired) electrons. The van der Waals surface area contributed by atoms with Crippen molar-refractivity contribution in [2.75, 3.05) is 33.3 Å². The van der Waals surface area contributed by atoms with Crippen LogP contribution in [-0.4, -0.2) is 48.8 Å². The van der Waals surface area contributed by atoms with Crippen LogP contribution >= 0.6 is 0 Å². The van der Waals surface area contributed by atoms with E-state index in [0.717, 1.165) is 25.4 Å². The van der Waals surface area contributed by atoms with Crippen molar-refractivity contribution in [1.29, 1.82) is 0 Å². The maximum absolute atomic E-state index is 9.79. The van der Waals surface area contributed by atoms with E-state index in [4.69, 9.17) is 0 Å². The van der Waals surface area contributed by atoms with Crippen LogP contribution in [0.2, 0.25) is 0 Å². The summed E-state index contributed by atoms with van der Waals surface area (Å²) in [7, 11) is 2.23. The van der Waals surface area contributed by atoms with E-state index in [1.165, 1.54) is 32.2 Å². The molecule has 0 aliphatic heterocycles. The third kappa shape index (κ3) is 4.73. The molecule has 0 bridgehead atoms. The van der Waals surface area contributed by atoms with Crippen LogP contribution in [0.1, 0.15) is 52.9 Å². The van der Waals surface area contributed by atoms with Gasteiger partial charge in [0.2, 0.25) is 0 Å². The van der Waals surface area contributed by atoms with Crippen molar-refractivity contribution in [2.24, 2.45) is 11.8 Å². The minimum absolute atomic E-state index is 0.00592. The molecule has 2 N–H and O–H groups in total. The van der Waals surface area contributed by atoms with Crippen LogP contribution in [0.25, 0.3) is 0 Å². The number of aliphatic hydroxyl groups excluding tert-OH is 1. The molecule has 0 amide bonds. The van der Waals surface area contributed by atoms with Crippen molar-refractivity contribution < 1.29 is 5.11 Å². The second-order valence-electron chi connectivity index (χ2n) is 6.50. The molecule has 114 valence electrons. The van der Waals surface area contributed by atoms with E-state index < -0.39 is 0 Å². The first kappa shape index (κ1) is 16.9. The lowest BCUT2D eigenvalue weighted by Crippen LogP contribution is -2.51. The topological polar surface area (TPSA) is 35.5 Å². The van der Waals surface area contributed by atoms with Gasteiger partial charge in [0.05, 0.1) is 6.61 Å². The minimum Gasteiger partial charge on any atom is -0.394 e. The summed E-state index contributed by atoms with van der Waals surface area (Å²) >= 11 is 0. The Hall–Kier alpha value is -0.120. The lowest BCUT2D eigenvalue weighted by molar-refractivity contribution is 0.113. The van der Waals surface area contributed by atoms with Crippen LogP contribution in [0.15, 0.2) is 0 Å². The largest absolute Gasteiger partial charge is 0.394 e. The predicted molar refractivity (Wildman–Crippen MR) is 82.4 cm³/mol. The monoisotopic (exact) mass is 270 g/mol. The van der Waals surface area contributed by atoms with E-state index >= 15 is 0 Å². The zero-order valence-electron chi connectivity index (χ0n) is 13.4. The van der Waals surface area contributed by atoms with Gasteiger partial charge in [-0.25, -0.2) is 0 Å². The number of nitrogens with one attached hydrogen (secondary N) is 1. The molecule has 1 aliphatic carbocycles. The summed E-state index contributed by atoms with van der Waals surface area (Å²) in [6, 6.07) is 0. The van der Waals surface area contributed by atoms with Crippen LogP contribution in [0.3, 0.4) is 0 Å². The third-order valence-electron chi connectivity index (χ3n) is 4.95.